The number of carbonyl (C=O) groups excluding carboxylic acids is 1. The molecule has 3 rings (SSSR count). The fourth-order valence-electron chi connectivity index (χ4n) is 4.07. The Balaban J connectivity index is 1.85. The number of pyridine rings is 1. The van der Waals surface area contributed by atoms with Gasteiger partial charge in [0.25, 0.3) is 0 Å². The molecule has 0 aliphatic carbocycles. The first kappa shape index (κ1) is 20.8. The van der Waals surface area contributed by atoms with E-state index in [1.165, 1.54) is 17.7 Å². The normalized spacial score (nSPS) is 12.9. The van der Waals surface area contributed by atoms with Gasteiger partial charge in [-0.3, -0.25) is 4.90 Å². The fourth-order valence-corrected chi connectivity index (χ4v) is 4.07. The van der Waals surface area contributed by atoms with Crippen LogP contribution in [0.3, 0.4) is 0 Å². The molecule has 0 unspecified atom stereocenters. The van der Waals surface area contributed by atoms with Gasteiger partial charge in [0.1, 0.15) is 11.6 Å². The maximum absolute atomic E-state index is 14.0. The van der Waals surface area contributed by atoms with E-state index in [-0.39, 0.29) is 23.0 Å². The van der Waals surface area contributed by atoms with Crippen molar-refractivity contribution in [3.63, 3.8) is 0 Å². The molecule has 0 saturated carbocycles. The largest absolute Gasteiger partial charge is 0.396 e. The van der Waals surface area contributed by atoms with Gasteiger partial charge < -0.3 is 16.5 Å². The van der Waals surface area contributed by atoms with E-state index in [4.69, 9.17) is 11.1 Å². The molecule has 0 fully saturated rings. The van der Waals surface area contributed by atoms with Crippen molar-refractivity contribution in [1.82, 2.24) is 4.98 Å². The number of anilines is 3. The number of hydrogen-bond acceptors (Lipinski definition) is 4. The van der Waals surface area contributed by atoms with Crippen LogP contribution < -0.4 is 16.0 Å². The molecule has 0 saturated heterocycles. The molecule has 2 aromatic rings. The van der Waals surface area contributed by atoms with Gasteiger partial charge in [-0.15, -0.1) is 0 Å². The van der Waals surface area contributed by atoms with Crippen molar-refractivity contribution in [3.05, 3.63) is 46.9 Å². The van der Waals surface area contributed by atoms with Crippen LogP contribution in [-0.4, -0.2) is 23.8 Å². The molecular weight excluding hydrogens is 369 g/mol. The lowest BCUT2D eigenvalue weighted by Gasteiger charge is -2.21. The second kappa shape index (κ2) is 9.03. The Labute approximate surface area is 170 Å². The predicted octanol–water partition coefficient (Wildman–Crippen LogP) is 5.08. The molecule has 0 bridgehead atoms. The van der Waals surface area contributed by atoms with Gasteiger partial charge in [-0.05, 0) is 48.9 Å². The van der Waals surface area contributed by atoms with Gasteiger partial charge in [0, 0.05) is 35.8 Å². The summed E-state index contributed by atoms with van der Waals surface area (Å²) in [5.74, 6) is 0.497. The van der Waals surface area contributed by atoms with E-state index in [1.54, 1.807) is 11.1 Å². The average Bonchev–Trinajstić information content (AvgIpc) is 3.14. The Morgan fingerprint density at radius 1 is 1.38 bits per heavy atom. The van der Waals surface area contributed by atoms with Crippen LogP contribution in [0.1, 0.15) is 62.1 Å². The molecule has 1 aliphatic heterocycles. The van der Waals surface area contributed by atoms with Crippen LogP contribution in [-0.2, 0) is 6.42 Å². The lowest BCUT2D eigenvalue weighted by atomic mass is 9.87. The number of hydrogen-bond donors (Lipinski definition) is 3. The van der Waals surface area contributed by atoms with Crippen molar-refractivity contribution in [2.75, 3.05) is 22.5 Å². The van der Waals surface area contributed by atoms with Crippen LogP contribution in [0.4, 0.5) is 26.4 Å². The van der Waals surface area contributed by atoms with E-state index in [0.717, 1.165) is 43.9 Å². The maximum atomic E-state index is 14.0. The van der Waals surface area contributed by atoms with Crippen molar-refractivity contribution in [3.8, 4) is 0 Å². The Hall–Kier alpha value is -2.96. The SMILES string of the molecule is CCCC(CCC)c1ccnc2c1CCN2C(=O)Nc1cc(F)c(N)c(C=N)c1. The molecule has 0 atom stereocenters. The molecule has 0 spiro atoms. The predicted molar refractivity (Wildman–Crippen MR) is 116 cm³/mol. The number of urea groups is 1. The van der Waals surface area contributed by atoms with E-state index >= 15 is 0 Å². The van der Waals surface area contributed by atoms with Crippen LogP contribution in [0.2, 0.25) is 0 Å². The molecular formula is C22H28FN5O. The first-order chi connectivity index (χ1) is 14.0. The van der Waals surface area contributed by atoms with Gasteiger partial charge >= 0.3 is 6.03 Å². The number of nitrogen functional groups attached to an aromatic ring is 1. The molecule has 4 N–H and O–H groups in total. The van der Waals surface area contributed by atoms with Gasteiger partial charge in [0.2, 0.25) is 0 Å². The number of amides is 2. The summed E-state index contributed by atoms with van der Waals surface area (Å²) in [6.07, 6.45) is 7.97. The number of benzene rings is 1. The molecule has 1 aliphatic rings. The first-order valence-electron chi connectivity index (χ1n) is 10.2. The van der Waals surface area contributed by atoms with Crippen molar-refractivity contribution in [2.24, 2.45) is 0 Å². The van der Waals surface area contributed by atoms with Crippen LogP contribution >= 0.6 is 0 Å². The number of aromatic nitrogens is 1. The quantitative estimate of drug-likeness (QED) is 0.449. The van der Waals surface area contributed by atoms with Gasteiger partial charge in [-0.25, -0.2) is 14.2 Å². The van der Waals surface area contributed by atoms with E-state index in [0.29, 0.717) is 18.3 Å². The van der Waals surface area contributed by atoms with Crippen LogP contribution in [0.5, 0.6) is 0 Å². The summed E-state index contributed by atoms with van der Waals surface area (Å²) in [4.78, 5) is 18.9. The zero-order valence-electron chi connectivity index (χ0n) is 17.0. The second-order valence-electron chi connectivity index (χ2n) is 7.41. The third-order valence-corrected chi connectivity index (χ3v) is 5.44. The summed E-state index contributed by atoms with van der Waals surface area (Å²) in [6.45, 7) is 4.92. The van der Waals surface area contributed by atoms with Crippen LogP contribution in [0.15, 0.2) is 24.4 Å². The maximum Gasteiger partial charge on any atom is 0.327 e. The Morgan fingerprint density at radius 2 is 2.10 bits per heavy atom. The Bertz CT molecular complexity index is 908. The number of nitrogens with zero attached hydrogens (tertiary/aromatic N) is 2. The third kappa shape index (κ3) is 4.23. The van der Waals surface area contributed by atoms with Gasteiger partial charge in [-0.2, -0.15) is 0 Å². The minimum Gasteiger partial charge on any atom is -0.396 e. The summed E-state index contributed by atoms with van der Waals surface area (Å²) in [7, 11) is 0. The number of carbonyl (C=O) groups is 1. The molecule has 2 heterocycles. The lowest BCUT2D eigenvalue weighted by molar-refractivity contribution is 0.257. The molecule has 1 aromatic carbocycles. The second-order valence-corrected chi connectivity index (χ2v) is 7.41. The van der Waals surface area contributed by atoms with Gasteiger partial charge in [0.05, 0.1) is 5.69 Å². The number of halogens is 1. The van der Waals surface area contributed by atoms with Crippen molar-refractivity contribution in [1.29, 1.82) is 5.41 Å². The summed E-state index contributed by atoms with van der Waals surface area (Å²) in [5, 5.41) is 10.1. The van der Waals surface area contributed by atoms with E-state index in [9.17, 15) is 9.18 Å². The van der Waals surface area contributed by atoms with E-state index in [1.807, 2.05) is 0 Å². The highest BCUT2D eigenvalue weighted by Crippen LogP contribution is 2.36. The van der Waals surface area contributed by atoms with Gasteiger partial charge in [0.15, 0.2) is 0 Å². The standard InChI is InChI=1S/C22H28FN5O/c1-3-5-14(6-4-2)17-7-9-26-21-18(17)8-10-28(21)22(29)27-16-11-15(13-24)20(25)19(23)12-16/h7,9,11-14,24H,3-6,8,10,25H2,1-2H3,(H,27,29). The van der Waals surface area contributed by atoms with Crippen molar-refractivity contribution < 1.29 is 9.18 Å². The number of rotatable bonds is 7. The Kier molecular flexibility index (Phi) is 6.46. The summed E-state index contributed by atoms with van der Waals surface area (Å²) >= 11 is 0. The topological polar surface area (TPSA) is 95.1 Å². The molecule has 6 nitrogen and oxygen atoms in total. The first-order valence-corrected chi connectivity index (χ1v) is 10.2. The molecule has 0 radical (unpaired) electrons. The molecule has 154 valence electrons. The lowest BCUT2D eigenvalue weighted by Crippen LogP contribution is -2.34. The third-order valence-electron chi connectivity index (χ3n) is 5.44. The number of nitrogens with two attached hydrogens (primary N) is 1. The number of nitrogens with one attached hydrogen (secondary N) is 2. The van der Waals surface area contributed by atoms with Gasteiger partial charge in [-0.1, -0.05) is 26.7 Å². The highest BCUT2D eigenvalue weighted by molar-refractivity contribution is 6.03. The molecule has 2 amide bonds. The summed E-state index contributed by atoms with van der Waals surface area (Å²) in [6, 6.07) is 4.38. The molecule has 7 heteroatoms. The zero-order chi connectivity index (χ0) is 21.0. The monoisotopic (exact) mass is 397 g/mol. The highest BCUT2D eigenvalue weighted by atomic mass is 19.1. The summed E-state index contributed by atoms with van der Waals surface area (Å²) < 4.78 is 14.0. The van der Waals surface area contributed by atoms with E-state index in [2.05, 4.69) is 30.2 Å². The minimum absolute atomic E-state index is 0.103. The zero-order valence-corrected chi connectivity index (χ0v) is 17.0. The number of fused-ring (bicyclic) bond motifs is 1. The van der Waals surface area contributed by atoms with Crippen LogP contribution in [0, 0.1) is 11.2 Å². The average molecular weight is 397 g/mol. The molecule has 1 aromatic heterocycles. The smallest absolute Gasteiger partial charge is 0.327 e. The van der Waals surface area contributed by atoms with Crippen molar-refractivity contribution >= 4 is 29.4 Å². The highest BCUT2D eigenvalue weighted by Gasteiger charge is 2.30. The molecule has 29 heavy (non-hydrogen) atoms. The van der Waals surface area contributed by atoms with E-state index < -0.39 is 5.82 Å². The van der Waals surface area contributed by atoms with Crippen molar-refractivity contribution in [2.45, 2.75) is 51.9 Å². The minimum atomic E-state index is -0.662. The van der Waals surface area contributed by atoms with Crippen LogP contribution in [0.25, 0.3) is 0 Å². The Morgan fingerprint density at radius 3 is 2.76 bits per heavy atom. The fraction of sp³-hybridized carbons (Fsp3) is 0.409. The summed E-state index contributed by atoms with van der Waals surface area (Å²) in [5.41, 5.74) is 8.43.